The van der Waals surface area contributed by atoms with Crippen LogP contribution >= 0.6 is 0 Å². The van der Waals surface area contributed by atoms with Crippen molar-refractivity contribution in [2.24, 2.45) is 7.05 Å². The molecule has 0 spiro atoms. The lowest BCUT2D eigenvalue weighted by Gasteiger charge is -2.32. The fourth-order valence-electron chi connectivity index (χ4n) is 4.97. The fraction of sp³-hybridized carbons (Fsp3) is 0.333. The molecule has 1 amide bonds. The first-order valence-electron chi connectivity index (χ1n) is 11.7. The number of pyridine rings is 1. The Bertz CT molecular complexity index is 1590. The predicted octanol–water partition coefficient (Wildman–Crippen LogP) is 2.81. The molecule has 0 bridgehead atoms. The fourth-order valence-corrected chi connectivity index (χ4v) is 4.97. The number of fused-ring (bicyclic) bond motifs is 2. The summed E-state index contributed by atoms with van der Waals surface area (Å²) < 4.78 is 9.46. The first-order valence-corrected chi connectivity index (χ1v) is 11.7. The molecular formula is C24H23N9O2. The summed E-state index contributed by atoms with van der Waals surface area (Å²) in [5, 5.41) is 17.3. The third-order valence-corrected chi connectivity index (χ3v) is 7.11. The third kappa shape index (κ3) is 3.11. The molecule has 5 aromatic rings. The third-order valence-electron chi connectivity index (χ3n) is 7.11. The first kappa shape index (κ1) is 20.1. The lowest BCUT2D eigenvalue weighted by molar-refractivity contribution is 0.0646. The molecule has 176 valence electrons. The number of imidazole rings is 1. The molecule has 5 aromatic heterocycles. The van der Waals surface area contributed by atoms with Crippen molar-refractivity contribution in [2.75, 3.05) is 6.54 Å². The van der Waals surface area contributed by atoms with E-state index in [1.165, 1.54) is 18.4 Å². The summed E-state index contributed by atoms with van der Waals surface area (Å²) in [7, 11) is 1.84. The van der Waals surface area contributed by atoms with E-state index in [9.17, 15) is 4.79 Å². The number of nitrogens with one attached hydrogen (secondary N) is 1. The average Bonchev–Trinajstić information content (AvgIpc) is 3.24. The minimum atomic E-state index is -0.458. The molecule has 11 nitrogen and oxygen atoms in total. The number of hydrogen-bond acceptors (Lipinski definition) is 7. The van der Waals surface area contributed by atoms with Gasteiger partial charge >= 0.3 is 11.8 Å². The Hall–Kier alpha value is -4.28. The summed E-state index contributed by atoms with van der Waals surface area (Å²) in [6.07, 6.45) is 8.34. The number of aromatic amines is 1. The molecule has 1 aliphatic carbocycles. The minimum Gasteiger partial charge on any atom is -0.412 e. The van der Waals surface area contributed by atoms with Gasteiger partial charge in [0.15, 0.2) is 0 Å². The molecule has 1 aliphatic heterocycles. The highest BCUT2D eigenvalue weighted by Crippen LogP contribution is 2.43. The van der Waals surface area contributed by atoms with E-state index in [2.05, 4.69) is 37.4 Å². The average molecular weight is 470 g/mol. The highest BCUT2D eigenvalue weighted by molar-refractivity contribution is 5.90. The normalized spacial score (nSPS) is 17.8. The summed E-state index contributed by atoms with van der Waals surface area (Å²) in [4.78, 5) is 23.2. The number of rotatable bonds is 4. The van der Waals surface area contributed by atoms with Crippen molar-refractivity contribution < 1.29 is 9.21 Å². The topological polar surface area (TPSA) is 123 Å². The van der Waals surface area contributed by atoms with Crippen LogP contribution in [0, 0.1) is 6.92 Å². The van der Waals surface area contributed by atoms with E-state index in [1.54, 1.807) is 22.1 Å². The second-order valence-electron chi connectivity index (χ2n) is 9.23. The standard InChI is InChI=1S/C24H23N9O2/c1-13-16(11-27-31(13)2)22-28-29-23(35-22)24(34)32-9-7-17-20(26-12-25-17)21(32)18-10-19-15(14-5-6-14)4-3-8-33(19)30-18/h3-4,8,10-12,14,21H,5-7,9H2,1-2H3,(H,25,26). The van der Waals surface area contributed by atoms with Crippen molar-refractivity contribution in [3.63, 3.8) is 0 Å². The zero-order valence-electron chi connectivity index (χ0n) is 19.3. The molecule has 1 unspecified atom stereocenters. The van der Waals surface area contributed by atoms with Gasteiger partial charge in [-0.1, -0.05) is 6.07 Å². The Kier molecular flexibility index (Phi) is 4.23. The van der Waals surface area contributed by atoms with E-state index in [4.69, 9.17) is 9.52 Å². The van der Waals surface area contributed by atoms with Crippen LogP contribution in [0.2, 0.25) is 0 Å². The maximum atomic E-state index is 13.7. The molecule has 6 heterocycles. The predicted molar refractivity (Wildman–Crippen MR) is 124 cm³/mol. The molecule has 1 saturated carbocycles. The van der Waals surface area contributed by atoms with Crippen LogP contribution in [0.15, 0.2) is 41.3 Å². The molecule has 0 radical (unpaired) electrons. The molecule has 1 fully saturated rings. The van der Waals surface area contributed by atoms with Crippen LogP contribution in [0.4, 0.5) is 0 Å². The van der Waals surface area contributed by atoms with Crippen LogP contribution in [-0.4, -0.2) is 56.9 Å². The van der Waals surface area contributed by atoms with Crippen molar-refractivity contribution in [1.82, 2.24) is 44.5 Å². The Labute approximate surface area is 199 Å². The van der Waals surface area contributed by atoms with Crippen LogP contribution in [0.25, 0.3) is 17.0 Å². The van der Waals surface area contributed by atoms with Gasteiger partial charge in [0.25, 0.3) is 5.89 Å². The molecule has 0 aromatic carbocycles. The van der Waals surface area contributed by atoms with Crippen molar-refractivity contribution in [3.8, 4) is 11.5 Å². The quantitative estimate of drug-likeness (QED) is 0.429. The number of H-pyrrole nitrogens is 1. The van der Waals surface area contributed by atoms with Crippen LogP contribution < -0.4 is 0 Å². The SMILES string of the molecule is Cc1c(-c2nnc(C(=O)N3CCc4[nH]cnc4C3c3cc4c(C5CC5)cccn4n3)o2)cnn1C. The van der Waals surface area contributed by atoms with Crippen molar-refractivity contribution >= 4 is 11.4 Å². The molecule has 1 N–H and O–H groups in total. The molecular weight excluding hydrogens is 446 g/mol. The highest BCUT2D eigenvalue weighted by atomic mass is 16.4. The lowest BCUT2D eigenvalue weighted by Crippen LogP contribution is -2.41. The van der Waals surface area contributed by atoms with Gasteiger partial charge in [0, 0.05) is 37.6 Å². The van der Waals surface area contributed by atoms with Gasteiger partial charge in [-0.2, -0.15) is 10.2 Å². The Morgan fingerprint density at radius 3 is 2.94 bits per heavy atom. The van der Waals surface area contributed by atoms with E-state index in [0.717, 1.165) is 28.3 Å². The Balaban J connectivity index is 1.29. The zero-order chi connectivity index (χ0) is 23.7. The maximum Gasteiger partial charge on any atom is 0.312 e. The van der Waals surface area contributed by atoms with Crippen molar-refractivity contribution in [3.05, 3.63) is 71.1 Å². The highest BCUT2D eigenvalue weighted by Gasteiger charge is 2.38. The molecule has 7 rings (SSSR count). The van der Waals surface area contributed by atoms with Crippen molar-refractivity contribution in [2.45, 2.75) is 38.1 Å². The summed E-state index contributed by atoms with van der Waals surface area (Å²) in [5.41, 5.74) is 6.53. The second kappa shape index (κ2) is 7.36. The molecule has 1 atom stereocenters. The zero-order valence-corrected chi connectivity index (χ0v) is 19.3. The summed E-state index contributed by atoms with van der Waals surface area (Å²) in [6.45, 7) is 2.39. The smallest absolute Gasteiger partial charge is 0.312 e. The number of aryl methyl sites for hydroxylation is 1. The van der Waals surface area contributed by atoms with Gasteiger partial charge in [-0.25, -0.2) is 9.50 Å². The van der Waals surface area contributed by atoms with Crippen molar-refractivity contribution in [1.29, 1.82) is 0 Å². The van der Waals surface area contributed by atoms with Gasteiger partial charge in [0.2, 0.25) is 0 Å². The van der Waals surface area contributed by atoms with Gasteiger partial charge in [0.05, 0.1) is 35.0 Å². The minimum absolute atomic E-state index is 0.0605. The van der Waals surface area contributed by atoms with Gasteiger partial charge < -0.3 is 14.3 Å². The van der Waals surface area contributed by atoms with E-state index in [0.29, 0.717) is 24.4 Å². The molecule has 11 heteroatoms. The van der Waals surface area contributed by atoms with E-state index >= 15 is 0 Å². The first-order chi connectivity index (χ1) is 17.1. The number of nitrogens with zero attached hydrogens (tertiary/aromatic N) is 8. The second-order valence-corrected chi connectivity index (χ2v) is 9.23. The van der Waals surface area contributed by atoms with Crippen LogP contribution in [0.3, 0.4) is 0 Å². The largest absolute Gasteiger partial charge is 0.412 e. The van der Waals surface area contributed by atoms with Gasteiger partial charge in [-0.15, -0.1) is 10.2 Å². The number of hydrogen-bond donors (Lipinski definition) is 1. The van der Waals surface area contributed by atoms with Crippen LogP contribution in [-0.2, 0) is 13.5 Å². The molecule has 2 aliphatic rings. The molecule has 35 heavy (non-hydrogen) atoms. The Morgan fingerprint density at radius 2 is 2.14 bits per heavy atom. The van der Waals surface area contributed by atoms with Gasteiger partial charge in [0.1, 0.15) is 6.04 Å². The van der Waals surface area contributed by atoms with E-state index < -0.39 is 6.04 Å². The summed E-state index contributed by atoms with van der Waals surface area (Å²) in [5.74, 6) is 0.453. The molecule has 0 saturated heterocycles. The van der Waals surface area contributed by atoms with E-state index in [1.807, 2.05) is 30.8 Å². The van der Waals surface area contributed by atoms with Gasteiger partial charge in [-0.05, 0) is 43.4 Å². The van der Waals surface area contributed by atoms with Crippen LogP contribution in [0.5, 0.6) is 0 Å². The maximum absolute atomic E-state index is 13.7. The summed E-state index contributed by atoms with van der Waals surface area (Å²) in [6, 6.07) is 5.82. The monoisotopic (exact) mass is 469 g/mol. The number of carbonyl (C=O) groups is 1. The van der Waals surface area contributed by atoms with Crippen LogP contribution in [0.1, 0.15) is 63.8 Å². The van der Waals surface area contributed by atoms with Gasteiger partial charge in [-0.3, -0.25) is 9.48 Å². The lowest BCUT2D eigenvalue weighted by atomic mass is 9.99. The number of amides is 1. The van der Waals surface area contributed by atoms with E-state index in [-0.39, 0.29) is 17.7 Å². The number of carbonyl (C=O) groups excluding carboxylic acids is 1. The number of aromatic nitrogens is 8. The summed E-state index contributed by atoms with van der Waals surface area (Å²) >= 11 is 0. The Morgan fingerprint density at radius 1 is 1.26 bits per heavy atom.